The van der Waals surface area contributed by atoms with Crippen molar-refractivity contribution in [3.8, 4) is 0 Å². The van der Waals surface area contributed by atoms with E-state index in [1.165, 1.54) is 0 Å². The highest BCUT2D eigenvalue weighted by atomic mass is 32.2. The van der Waals surface area contributed by atoms with Crippen molar-refractivity contribution in [3.05, 3.63) is 30.3 Å². The lowest BCUT2D eigenvalue weighted by Gasteiger charge is -2.35. The Labute approximate surface area is 143 Å². The summed E-state index contributed by atoms with van der Waals surface area (Å²) < 4.78 is 33.3. The van der Waals surface area contributed by atoms with Crippen LogP contribution in [0.5, 0.6) is 0 Å². The van der Waals surface area contributed by atoms with E-state index in [1.54, 1.807) is 28.6 Å². The molecule has 128 valence electrons. The average molecular weight is 357 g/mol. The van der Waals surface area contributed by atoms with E-state index in [2.05, 4.69) is 4.90 Å². The van der Waals surface area contributed by atoms with Crippen molar-refractivity contribution in [1.29, 1.82) is 0 Å². The zero-order chi connectivity index (χ0) is 16.1. The van der Waals surface area contributed by atoms with E-state index in [1.807, 2.05) is 17.8 Å². The maximum atomic E-state index is 13.1. The highest BCUT2D eigenvalue weighted by Crippen LogP contribution is 2.25. The van der Waals surface area contributed by atoms with Gasteiger partial charge in [0, 0.05) is 38.0 Å². The van der Waals surface area contributed by atoms with Crippen LogP contribution in [0.4, 0.5) is 0 Å². The van der Waals surface area contributed by atoms with Gasteiger partial charge in [0.05, 0.1) is 18.1 Å². The van der Waals surface area contributed by atoms with Crippen LogP contribution in [-0.2, 0) is 14.8 Å². The van der Waals surface area contributed by atoms with E-state index >= 15 is 0 Å². The largest absolute Gasteiger partial charge is 0.379 e. The quantitative estimate of drug-likeness (QED) is 0.819. The molecule has 1 aromatic rings. The van der Waals surface area contributed by atoms with Gasteiger partial charge in [-0.1, -0.05) is 18.2 Å². The van der Waals surface area contributed by atoms with Crippen molar-refractivity contribution in [1.82, 2.24) is 9.21 Å². The molecule has 2 fully saturated rings. The molecule has 0 radical (unpaired) electrons. The normalized spacial score (nSPS) is 25.1. The second kappa shape index (κ2) is 7.98. The van der Waals surface area contributed by atoms with Gasteiger partial charge in [-0.05, 0) is 24.3 Å². The topological polar surface area (TPSA) is 49.9 Å². The summed E-state index contributed by atoms with van der Waals surface area (Å²) in [7, 11) is -3.42. The summed E-state index contributed by atoms with van der Waals surface area (Å²) in [5.41, 5.74) is 0. The maximum absolute atomic E-state index is 13.1. The number of sulfonamides is 1. The van der Waals surface area contributed by atoms with Crippen LogP contribution in [-0.4, -0.2) is 74.6 Å². The van der Waals surface area contributed by atoms with Crippen LogP contribution in [0, 0.1) is 0 Å². The summed E-state index contributed by atoms with van der Waals surface area (Å²) in [4.78, 5) is 2.73. The summed E-state index contributed by atoms with van der Waals surface area (Å²) in [5.74, 6) is 1.89. The van der Waals surface area contributed by atoms with E-state index in [0.717, 1.165) is 50.8 Å². The molecule has 0 amide bonds. The second-order valence-corrected chi connectivity index (χ2v) is 8.96. The molecule has 2 heterocycles. The van der Waals surface area contributed by atoms with E-state index in [9.17, 15) is 8.42 Å². The van der Waals surface area contributed by atoms with Crippen molar-refractivity contribution in [2.75, 3.05) is 50.9 Å². The van der Waals surface area contributed by atoms with Gasteiger partial charge in [-0.15, -0.1) is 0 Å². The Kier molecular flexibility index (Phi) is 5.98. The van der Waals surface area contributed by atoms with Gasteiger partial charge in [-0.2, -0.15) is 16.1 Å². The molecule has 2 aliphatic heterocycles. The molecule has 2 aliphatic rings. The Morgan fingerprint density at radius 3 is 2.61 bits per heavy atom. The van der Waals surface area contributed by atoms with Gasteiger partial charge < -0.3 is 4.74 Å². The van der Waals surface area contributed by atoms with Crippen LogP contribution in [0.1, 0.15) is 6.42 Å². The molecule has 0 spiro atoms. The Balaban J connectivity index is 1.80. The molecule has 23 heavy (non-hydrogen) atoms. The first kappa shape index (κ1) is 17.2. The molecule has 7 heteroatoms. The number of morpholine rings is 1. The fourth-order valence-corrected chi connectivity index (χ4v) is 5.90. The number of ether oxygens (including phenoxy) is 1. The van der Waals surface area contributed by atoms with E-state index in [-0.39, 0.29) is 6.04 Å². The number of hydrogen-bond donors (Lipinski definition) is 0. The highest BCUT2D eigenvalue weighted by molar-refractivity contribution is 7.99. The van der Waals surface area contributed by atoms with Gasteiger partial charge in [0.25, 0.3) is 0 Å². The number of benzene rings is 1. The molecule has 0 N–H and O–H groups in total. The van der Waals surface area contributed by atoms with Crippen molar-refractivity contribution >= 4 is 21.8 Å². The average Bonchev–Trinajstić information content (AvgIpc) is 2.82. The first-order chi connectivity index (χ1) is 11.2. The summed E-state index contributed by atoms with van der Waals surface area (Å²) in [6, 6.07) is 8.85. The Bertz CT molecular complexity index is 589. The minimum atomic E-state index is -3.42. The predicted molar refractivity (Wildman–Crippen MR) is 93.3 cm³/mol. The monoisotopic (exact) mass is 356 g/mol. The highest BCUT2D eigenvalue weighted by Gasteiger charge is 2.33. The van der Waals surface area contributed by atoms with E-state index < -0.39 is 10.0 Å². The number of thioether (sulfide) groups is 1. The maximum Gasteiger partial charge on any atom is 0.243 e. The third-order valence-corrected chi connectivity index (χ3v) is 7.47. The van der Waals surface area contributed by atoms with Crippen LogP contribution in [0.3, 0.4) is 0 Å². The first-order valence-corrected chi connectivity index (χ1v) is 10.7. The third-order valence-electron chi connectivity index (χ3n) is 4.31. The van der Waals surface area contributed by atoms with Gasteiger partial charge in [-0.25, -0.2) is 8.42 Å². The molecule has 0 aliphatic carbocycles. The molecule has 2 saturated heterocycles. The zero-order valence-electron chi connectivity index (χ0n) is 13.3. The summed E-state index contributed by atoms with van der Waals surface area (Å²) in [6.45, 7) is 4.67. The smallest absolute Gasteiger partial charge is 0.243 e. The SMILES string of the molecule is O=S(=O)(c1ccccc1)N1CCCSCC1CN1CCOCC1. The fraction of sp³-hybridized carbons (Fsp3) is 0.625. The van der Waals surface area contributed by atoms with Crippen LogP contribution < -0.4 is 0 Å². The summed E-state index contributed by atoms with van der Waals surface area (Å²) in [6.07, 6.45) is 0.913. The molecule has 1 aromatic carbocycles. The molecule has 0 aromatic heterocycles. The molecule has 1 unspecified atom stereocenters. The number of nitrogens with zero attached hydrogens (tertiary/aromatic N) is 2. The lowest BCUT2D eigenvalue weighted by Crippen LogP contribution is -2.50. The molecular weight excluding hydrogens is 332 g/mol. The molecule has 0 bridgehead atoms. The van der Waals surface area contributed by atoms with Crippen molar-refractivity contribution < 1.29 is 13.2 Å². The third kappa shape index (κ3) is 4.28. The molecule has 5 nitrogen and oxygen atoms in total. The number of rotatable bonds is 4. The van der Waals surface area contributed by atoms with Crippen LogP contribution in [0.25, 0.3) is 0 Å². The van der Waals surface area contributed by atoms with E-state index in [4.69, 9.17) is 4.74 Å². The van der Waals surface area contributed by atoms with Crippen LogP contribution in [0.15, 0.2) is 35.2 Å². The molecule has 3 rings (SSSR count). The molecule has 0 saturated carbocycles. The van der Waals surface area contributed by atoms with Gasteiger partial charge >= 0.3 is 0 Å². The summed E-state index contributed by atoms with van der Waals surface area (Å²) >= 11 is 1.86. The Morgan fingerprint density at radius 1 is 1.13 bits per heavy atom. The minimum Gasteiger partial charge on any atom is -0.379 e. The van der Waals surface area contributed by atoms with Gasteiger partial charge in [-0.3, -0.25) is 4.90 Å². The van der Waals surface area contributed by atoms with E-state index in [0.29, 0.717) is 11.4 Å². The lowest BCUT2D eigenvalue weighted by atomic mass is 10.2. The number of hydrogen-bond acceptors (Lipinski definition) is 5. The van der Waals surface area contributed by atoms with Crippen LogP contribution in [0.2, 0.25) is 0 Å². The minimum absolute atomic E-state index is 0.0332. The predicted octanol–water partition coefficient (Wildman–Crippen LogP) is 1.52. The second-order valence-electron chi connectivity index (χ2n) is 5.92. The molecular formula is C16H24N2O3S2. The van der Waals surface area contributed by atoms with Crippen molar-refractivity contribution in [3.63, 3.8) is 0 Å². The summed E-state index contributed by atoms with van der Waals surface area (Å²) in [5, 5.41) is 0. The van der Waals surface area contributed by atoms with Crippen molar-refractivity contribution in [2.45, 2.75) is 17.4 Å². The molecule has 1 atom stereocenters. The Hall–Kier alpha value is -0.600. The first-order valence-electron chi connectivity index (χ1n) is 8.13. The van der Waals surface area contributed by atoms with Gasteiger partial charge in [0.2, 0.25) is 10.0 Å². The Morgan fingerprint density at radius 2 is 1.87 bits per heavy atom. The standard InChI is InChI=1S/C16H24N2O3S2/c19-23(20,16-5-2-1-3-6-16)18-7-4-12-22-14-15(18)13-17-8-10-21-11-9-17/h1-3,5-6,15H,4,7-14H2. The fourth-order valence-electron chi connectivity index (χ4n) is 3.08. The zero-order valence-corrected chi connectivity index (χ0v) is 14.9. The van der Waals surface area contributed by atoms with Gasteiger partial charge in [0.15, 0.2) is 0 Å². The van der Waals surface area contributed by atoms with Gasteiger partial charge in [0.1, 0.15) is 0 Å². The lowest BCUT2D eigenvalue weighted by molar-refractivity contribution is 0.0309. The van der Waals surface area contributed by atoms with Crippen molar-refractivity contribution in [2.24, 2.45) is 0 Å². The van der Waals surface area contributed by atoms with Crippen LogP contribution >= 0.6 is 11.8 Å².